The Kier molecular flexibility index (Phi) is 9.46. The van der Waals surface area contributed by atoms with Gasteiger partial charge in [0.15, 0.2) is 17.5 Å². The van der Waals surface area contributed by atoms with Crippen molar-refractivity contribution in [3.63, 3.8) is 0 Å². The number of aromatic nitrogens is 3. The number of aliphatic imine (C=N–C) groups is 1. The maximum Gasteiger partial charge on any atom is 0.226 e. The van der Waals surface area contributed by atoms with Crippen LogP contribution in [0.25, 0.3) is 0 Å². The van der Waals surface area contributed by atoms with Gasteiger partial charge in [-0.1, -0.05) is 24.2 Å². The van der Waals surface area contributed by atoms with Crippen LogP contribution in [0.5, 0.6) is 0 Å². The highest BCUT2D eigenvalue weighted by Gasteiger charge is 2.07. The van der Waals surface area contributed by atoms with Gasteiger partial charge in [0.25, 0.3) is 0 Å². The van der Waals surface area contributed by atoms with Crippen LogP contribution in [-0.4, -0.2) is 34.3 Å². The average molecular weight is 462 g/mol. The first-order valence-electron chi connectivity index (χ1n) is 8.35. The van der Waals surface area contributed by atoms with Crippen molar-refractivity contribution in [2.24, 2.45) is 4.99 Å². The first-order chi connectivity index (χ1) is 11.6. The molecule has 0 atom stereocenters. The number of halogens is 1. The zero-order valence-corrected chi connectivity index (χ0v) is 17.5. The Morgan fingerprint density at radius 2 is 2.04 bits per heavy atom. The molecular weight excluding hydrogens is 435 g/mol. The molecule has 2 rings (SSSR count). The summed E-state index contributed by atoms with van der Waals surface area (Å²) in [5, 5.41) is 14.3. The van der Waals surface area contributed by atoms with Crippen LogP contribution in [-0.2, 0) is 13.0 Å². The lowest BCUT2D eigenvalue weighted by atomic mass is 10.1. The molecule has 0 saturated heterocycles. The quantitative estimate of drug-likeness (QED) is 0.269. The fourth-order valence-corrected chi connectivity index (χ4v) is 2.06. The lowest BCUT2D eigenvalue weighted by Gasteiger charge is -2.10. The molecule has 0 spiro atoms. The van der Waals surface area contributed by atoms with Crippen molar-refractivity contribution in [1.82, 2.24) is 25.9 Å². The second kappa shape index (κ2) is 11.1. The number of aryl methyl sites for hydroxylation is 2. The lowest BCUT2D eigenvalue weighted by molar-refractivity contribution is 0.372. The second-order valence-corrected chi connectivity index (χ2v) is 5.83. The number of rotatable bonds is 8. The average Bonchev–Trinajstić information content (AvgIpc) is 3.18. The zero-order valence-electron chi connectivity index (χ0n) is 15.2. The largest absolute Gasteiger partial charge is 0.359 e. The van der Waals surface area contributed by atoms with Gasteiger partial charge in [0.05, 0.1) is 5.69 Å². The Labute approximate surface area is 165 Å². The van der Waals surface area contributed by atoms with E-state index < -0.39 is 0 Å². The van der Waals surface area contributed by atoms with Crippen LogP contribution in [0.3, 0.4) is 0 Å². The summed E-state index contributed by atoms with van der Waals surface area (Å²) in [4.78, 5) is 8.70. The molecule has 9 heteroatoms. The maximum atomic E-state index is 5.30. The van der Waals surface area contributed by atoms with E-state index in [4.69, 9.17) is 9.05 Å². The van der Waals surface area contributed by atoms with Crippen molar-refractivity contribution >= 4 is 29.9 Å². The number of nitrogens with one attached hydrogen (secondary N) is 2. The minimum Gasteiger partial charge on any atom is -0.359 e. The molecule has 140 valence electrons. The van der Waals surface area contributed by atoms with Gasteiger partial charge < -0.3 is 19.7 Å². The summed E-state index contributed by atoms with van der Waals surface area (Å²) in [6, 6.07) is 1.95. The fraction of sp³-hybridized carbons (Fsp3) is 0.625. The molecule has 0 radical (unpaired) electrons. The molecule has 2 N–H and O–H groups in total. The minimum absolute atomic E-state index is 0. The van der Waals surface area contributed by atoms with Gasteiger partial charge in [-0.05, 0) is 26.2 Å². The van der Waals surface area contributed by atoms with Gasteiger partial charge >= 0.3 is 0 Å². The van der Waals surface area contributed by atoms with Crippen molar-refractivity contribution in [2.75, 3.05) is 13.1 Å². The summed E-state index contributed by atoms with van der Waals surface area (Å²) in [6.07, 6.45) is 1.62. The number of hydrogen-bond donors (Lipinski definition) is 2. The van der Waals surface area contributed by atoms with Gasteiger partial charge in [-0.3, -0.25) is 0 Å². The fourth-order valence-electron chi connectivity index (χ4n) is 2.06. The van der Waals surface area contributed by atoms with Gasteiger partial charge in [-0.15, -0.1) is 24.0 Å². The van der Waals surface area contributed by atoms with E-state index in [2.05, 4.69) is 44.8 Å². The zero-order chi connectivity index (χ0) is 17.4. The number of nitrogens with zero attached hydrogens (tertiary/aromatic N) is 4. The van der Waals surface area contributed by atoms with Gasteiger partial charge in [-0.2, -0.15) is 4.98 Å². The van der Waals surface area contributed by atoms with Crippen LogP contribution in [0.1, 0.15) is 56.3 Å². The molecule has 0 unspecified atom stereocenters. The Balaban J connectivity index is 0.00000312. The van der Waals surface area contributed by atoms with E-state index in [0.29, 0.717) is 24.2 Å². The maximum absolute atomic E-state index is 5.30. The van der Waals surface area contributed by atoms with E-state index in [-0.39, 0.29) is 24.0 Å². The predicted molar refractivity (Wildman–Crippen MR) is 106 cm³/mol. The monoisotopic (exact) mass is 462 g/mol. The van der Waals surface area contributed by atoms with Crippen LogP contribution in [0.4, 0.5) is 0 Å². The first-order valence-corrected chi connectivity index (χ1v) is 8.35. The normalized spacial score (nSPS) is 11.5. The molecule has 0 aliphatic rings. The summed E-state index contributed by atoms with van der Waals surface area (Å²) in [6.45, 7) is 10.0. The van der Waals surface area contributed by atoms with Crippen LogP contribution in [0, 0.1) is 6.92 Å². The molecule has 2 aromatic rings. The highest BCUT2D eigenvalue weighted by atomic mass is 127. The number of hydrogen-bond acceptors (Lipinski definition) is 6. The van der Waals surface area contributed by atoms with Gasteiger partial charge in [0.2, 0.25) is 5.89 Å². The molecule has 25 heavy (non-hydrogen) atoms. The van der Waals surface area contributed by atoms with E-state index in [9.17, 15) is 0 Å². The third kappa shape index (κ3) is 7.41. The standard InChI is InChI=1S/C16H26N6O2.HI/c1-5-17-16(18-8-6-7-15-20-12(4)21-24-15)19-10-13-9-14(11(2)3)22-23-13;/h9,11H,5-8,10H2,1-4H3,(H2,17,18,19);1H. The Morgan fingerprint density at radius 3 is 2.64 bits per heavy atom. The van der Waals surface area contributed by atoms with Gasteiger partial charge in [0.1, 0.15) is 6.54 Å². The van der Waals surface area contributed by atoms with Crippen LogP contribution in [0.2, 0.25) is 0 Å². The van der Waals surface area contributed by atoms with E-state index in [1.165, 1.54) is 0 Å². The van der Waals surface area contributed by atoms with Crippen molar-refractivity contribution in [1.29, 1.82) is 0 Å². The molecule has 0 bridgehead atoms. The van der Waals surface area contributed by atoms with E-state index >= 15 is 0 Å². The third-order valence-corrected chi connectivity index (χ3v) is 3.34. The molecule has 0 saturated carbocycles. The van der Waals surface area contributed by atoms with Crippen molar-refractivity contribution in [2.45, 2.75) is 53.0 Å². The topological polar surface area (TPSA) is 101 Å². The predicted octanol–water partition coefficient (Wildman–Crippen LogP) is 2.80. The highest BCUT2D eigenvalue weighted by Crippen LogP contribution is 2.14. The van der Waals surface area contributed by atoms with E-state index in [1.54, 1.807) is 0 Å². The molecule has 2 aromatic heterocycles. The Bertz CT molecular complexity index is 653. The highest BCUT2D eigenvalue weighted by molar-refractivity contribution is 14.0. The van der Waals surface area contributed by atoms with Crippen LogP contribution in [0.15, 0.2) is 20.1 Å². The van der Waals surface area contributed by atoms with Crippen LogP contribution < -0.4 is 10.6 Å². The summed E-state index contributed by atoms with van der Waals surface area (Å²) < 4.78 is 10.4. The molecule has 0 aliphatic heterocycles. The molecular formula is C16H27IN6O2. The molecule has 0 fully saturated rings. The molecule has 0 amide bonds. The molecule has 0 aromatic carbocycles. The van der Waals surface area contributed by atoms with E-state index in [1.807, 2.05) is 19.9 Å². The van der Waals surface area contributed by atoms with Gasteiger partial charge in [-0.25, -0.2) is 4.99 Å². The first kappa shape index (κ1) is 21.4. The molecule has 2 heterocycles. The van der Waals surface area contributed by atoms with Crippen molar-refractivity contribution in [3.05, 3.63) is 29.2 Å². The number of guanidine groups is 1. The second-order valence-electron chi connectivity index (χ2n) is 5.83. The van der Waals surface area contributed by atoms with Crippen LogP contribution >= 0.6 is 24.0 Å². The Morgan fingerprint density at radius 1 is 1.24 bits per heavy atom. The van der Waals surface area contributed by atoms with Crippen molar-refractivity contribution in [3.8, 4) is 0 Å². The van der Waals surface area contributed by atoms with Gasteiger partial charge in [0, 0.05) is 25.6 Å². The van der Waals surface area contributed by atoms with Crippen molar-refractivity contribution < 1.29 is 9.05 Å². The van der Waals surface area contributed by atoms with E-state index in [0.717, 1.165) is 43.3 Å². The molecule has 8 nitrogen and oxygen atoms in total. The third-order valence-electron chi connectivity index (χ3n) is 3.34. The smallest absolute Gasteiger partial charge is 0.226 e. The SMILES string of the molecule is CCNC(=NCc1cc(C(C)C)no1)NCCCc1nc(C)no1.I. The summed E-state index contributed by atoms with van der Waals surface area (Å²) in [7, 11) is 0. The molecule has 0 aliphatic carbocycles. The minimum atomic E-state index is 0. The summed E-state index contributed by atoms with van der Waals surface area (Å²) >= 11 is 0. The summed E-state index contributed by atoms with van der Waals surface area (Å²) in [5.74, 6) is 3.20. The summed E-state index contributed by atoms with van der Waals surface area (Å²) in [5.41, 5.74) is 0.952. The lowest BCUT2D eigenvalue weighted by Crippen LogP contribution is -2.37. The Hall–Kier alpha value is -1.65.